The minimum Gasteiger partial charge on any atom is -0.478 e. The van der Waals surface area contributed by atoms with E-state index in [-0.39, 0.29) is 5.56 Å². The normalized spacial score (nSPS) is 9.94. The van der Waals surface area contributed by atoms with Crippen molar-refractivity contribution in [2.75, 3.05) is 5.32 Å². The van der Waals surface area contributed by atoms with Gasteiger partial charge in [-0.05, 0) is 31.2 Å². The first-order chi connectivity index (χ1) is 8.16. The van der Waals surface area contributed by atoms with Crippen molar-refractivity contribution in [2.45, 2.75) is 6.92 Å². The van der Waals surface area contributed by atoms with E-state index < -0.39 is 5.97 Å². The van der Waals surface area contributed by atoms with Crippen molar-refractivity contribution in [3.05, 3.63) is 53.9 Å². The molecule has 0 fully saturated rings. The number of carboxylic acids is 1. The second-order valence-electron chi connectivity index (χ2n) is 3.72. The van der Waals surface area contributed by atoms with Crippen LogP contribution in [-0.4, -0.2) is 16.1 Å². The van der Waals surface area contributed by atoms with Gasteiger partial charge >= 0.3 is 5.97 Å². The zero-order valence-electron chi connectivity index (χ0n) is 9.34. The molecule has 0 atom stereocenters. The molecule has 0 aliphatic carbocycles. The molecule has 1 aromatic heterocycles. The Bertz CT molecular complexity index is 538. The second kappa shape index (κ2) is 4.65. The summed E-state index contributed by atoms with van der Waals surface area (Å²) in [5.74, 6) is -0.944. The maximum atomic E-state index is 11.1. The molecule has 86 valence electrons. The predicted molar refractivity (Wildman–Crippen MR) is 65.7 cm³/mol. The Morgan fingerprint density at radius 1 is 1.35 bits per heavy atom. The van der Waals surface area contributed by atoms with Crippen molar-refractivity contribution < 1.29 is 9.90 Å². The fourth-order valence-corrected chi connectivity index (χ4v) is 1.54. The molecule has 2 rings (SSSR count). The van der Waals surface area contributed by atoms with Gasteiger partial charge in [-0.15, -0.1) is 0 Å². The lowest BCUT2D eigenvalue weighted by molar-refractivity contribution is 0.0698. The molecule has 0 aliphatic rings. The van der Waals surface area contributed by atoms with Crippen LogP contribution in [0.3, 0.4) is 0 Å². The Labute approximate surface area is 98.9 Å². The molecule has 0 bridgehead atoms. The summed E-state index contributed by atoms with van der Waals surface area (Å²) in [4.78, 5) is 15.1. The summed E-state index contributed by atoms with van der Waals surface area (Å²) in [5.41, 5.74) is 2.50. The second-order valence-corrected chi connectivity index (χ2v) is 3.72. The Balaban J connectivity index is 2.36. The highest BCUT2D eigenvalue weighted by Gasteiger charge is 2.10. The number of nitrogens with zero attached hydrogens (tertiary/aromatic N) is 1. The molecular weight excluding hydrogens is 216 g/mol. The van der Waals surface area contributed by atoms with Gasteiger partial charge in [0.25, 0.3) is 0 Å². The SMILES string of the molecule is Cc1ccc(Nc2cccnc2)c(C(=O)O)c1. The molecule has 1 aromatic carbocycles. The number of hydrogen-bond acceptors (Lipinski definition) is 3. The van der Waals surface area contributed by atoms with Crippen molar-refractivity contribution >= 4 is 17.3 Å². The molecular formula is C13H12N2O2. The van der Waals surface area contributed by atoms with E-state index in [0.717, 1.165) is 11.3 Å². The maximum Gasteiger partial charge on any atom is 0.337 e. The van der Waals surface area contributed by atoms with Gasteiger partial charge in [-0.3, -0.25) is 4.98 Å². The number of carboxylic acid groups (broad SMARTS) is 1. The zero-order chi connectivity index (χ0) is 12.3. The van der Waals surface area contributed by atoms with Crippen molar-refractivity contribution in [3.8, 4) is 0 Å². The molecule has 0 unspecified atom stereocenters. The molecule has 4 heteroatoms. The van der Waals surface area contributed by atoms with Crippen molar-refractivity contribution in [1.82, 2.24) is 4.98 Å². The summed E-state index contributed by atoms with van der Waals surface area (Å²) in [6.07, 6.45) is 3.31. The molecule has 2 N–H and O–H groups in total. The van der Waals surface area contributed by atoms with Gasteiger partial charge in [-0.2, -0.15) is 0 Å². The standard InChI is InChI=1S/C13H12N2O2/c1-9-4-5-12(11(7-9)13(16)17)15-10-3-2-6-14-8-10/h2-8,15H,1H3,(H,16,17). The molecule has 1 heterocycles. The largest absolute Gasteiger partial charge is 0.478 e. The van der Waals surface area contributed by atoms with E-state index >= 15 is 0 Å². The Kier molecular flexibility index (Phi) is 3.05. The van der Waals surface area contributed by atoms with E-state index in [9.17, 15) is 4.79 Å². The van der Waals surface area contributed by atoms with E-state index in [2.05, 4.69) is 10.3 Å². The topological polar surface area (TPSA) is 62.2 Å². The summed E-state index contributed by atoms with van der Waals surface area (Å²) < 4.78 is 0. The van der Waals surface area contributed by atoms with Crippen molar-refractivity contribution in [2.24, 2.45) is 0 Å². The van der Waals surface area contributed by atoms with Crippen LogP contribution in [0.1, 0.15) is 15.9 Å². The third kappa shape index (κ3) is 2.60. The van der Waals surface area contributed by atoms with Gasteiger partial charge in [0, 0.05) is 6.20 Å². The van der Waals surface area contributed by atoms with Gasteiger partial charge in [-0.25, -0.2) is 4.79 Å². The zero-order valence-corrected chi connectivity index (χ0v) is 9.34. The number of carbonyl (C=O) groups is 1. The third-order valence-corrected chi connectivity index (χ3v) is 2.35. The third-order valence-electron chi connectivity index (χ3n) is 2.35. The number of nitrogens with one attached hydrogen (secondary N) is 1. The lowest BCUT2D eigenvalue weighted by Crippen LogP contribution is -2.03. The van der Waals surface area contributed by atoms with Crippen LogP contribution >= 0.6 is 0 Å². The monoisotopic (exact) mass is 228 g/mol. The molecule has 17 heavy (non-hydrogen) atoms. The quantitative estimate of drug-likeness (QED) is 0.847. The van der Waals surface area contributed by atoms with E-state index in [4.69, 9.17) is 5.11 Å². The maximum absolute atomic E-state index is 11.1. The van der Waals surface area contributed by atoms with Crippen LogP contribution in [0.25, 0.3) is 0 Å². The van der Waals surface area contributed by atoms with Crippen LogP contribution in [0.5, 0.6) is 0 Å². The number of benzene rings is 1. The smallest absolute Gasteiger partial charge is 0.337 e. The summed E-state index contributed by atoms with van der Waals surface area (Å²) in [5, 5.41) is 12.2. The Hall–Kier alpha value is -2.36. The number of anilines is 2. The molecule has 0 aliphatic heterocycles. The number of hydrogen-bond donors (Lipinski definition) is 2. The molecule has 4 nitrogen and oxygen atoms in total. The first-order valence-electron chi connectivity index (χ1n) is 5.18. The van der Waals surface area contributed by atoms with E-state index in [0.29, 0.717) is 5.69 Å². The molecule has 0 amide bonds. The van der Waals surface area contributed by atoms with Gasteiger partial charge in [0.15, 0.2) is 0 Å². The number of aromatic nitrogens is 1. The lowest BCUT2D eigenvalue weighted by atomic mass is 10.1. The van der Waals surface area contributed by atoms with Crippen LogP contribution in [0, 0.1) is 6.92 Å². The number of aromatic carboxylic acids is 1. The Morgan fingerprint density at radius 2 is 2.18 bits per heavy atom. The highest BCUT2D eigenvalue weighted by molar-refractivity contribution is 5.95. The van der Waals surface area contributed by atoms with Crippen molar-refractivity contribution in [3.63, 3.8) is 0 Å². The first kappa shape index (κ1) is 11.1. The van der Waals surface area contributed by atoms with Crippen LogP contribution in [0.2, 0.25) is 0 Å². The number of rotatable bonds is 3. The first-order valence-corrected chi connectivity index (χ1v) is 5.18. The number of aryl methyl sites for hydroxylation is 1. The fourth-order valence-electron chi connectivity index (χ4n) is 1.54. The van der Waals surface area contributed by atoms with Crippen LogP contribution < -0.4 is 5.32 Å². The minimum atomic E-state index is -0.944. The fraction of sp³-hybridized carbons (Fsp3) is 0.0769. The van der Waals surface area contributed by atoms with Crippen LogP contribution in [-0.2, 0) is 0 Å². The van der Waals surface area contributed by atoms with Gasteiger partial charge in [0.2, 0.25) is 0 Å². The highest BCUT2D eigenvalue weighted by atomic mass is 16.4. The molecule has 0 saturated heterocycles. The Morgan fingerprint density at radius 3 is 2.82 bits per heavy atom. The molecule has 0 radical (unpaired) electrons. The average Bonchev–Trinajstić information content (AvgIpc) is 2.32. The van der Waals surface area contributed by atoms with Crippen molar-refractivity contribution in [1.29, 1.82) is 0 Å². The molecule has 0 saturated carbocycles. The summed E-state index contributed by atoms with van der Waals surface area (Å²) in [6, 6.07) is 8.88. The minimum absolute atomic E-state index is 0.258. The van der Waals surface area contributed by atoms with Crippen LogP contribution in [0.15, 0.2) is 42.7 Å². The van der Waals surface area contributed by atoms with E-state index in [1.165, 1.54) is 0 Å². The number of pyridine rings is 1. The molecule has 0 spiro atoms. The highest BCUT2D eigenvalue weighted by Crippen LogP contribution is 2.21. The summed E-state index contributed by atoms with van der Waals surface area (Å²) in [6.45, 7) is 1.86. The van der Waals surface area contributed by atoms with Gasteiger partial charge < -0.3 is 10.4 Å². The summed E-state index contributed by atoms with van der Waals surface area (Å²) >= 11 is 0. The average molecular weight is 228 g/mol. The van der Waals surface area contributed by atoms with Gasteiger partial charge in [0.05, 0.1) is 23.1 Å². The van der Waals surface area contributed by atoms with E-state index in [1.54, 1.807) is 30.6 Å². The molecule has 2 aromatic rings. The lowest BCUT2D eigenvalue weighted by Gasteiger charge is -2.09. The van der Waals surface area contributed by atoms with Gasteiger partial charge in [-0.1, -0.05) is 11.6 Å². The van der Waals surface area contributed by atoms with Gasteiger partial charge in [0.1, 0.15) is 0 Å². The predicted octanol–water partition coefficient (Wildman–Crippen LogP) is 2.83. The summed E-state index contributed by atoms with van der Waals surface area (Å²) in [7, 11) is 0. The van der Waals surface area contributed by atoms with Crippen LogP contribution in [0.4, 0.5) is 11.4 Å². The van der Waals surface area contributed by atoms with E-state index in [1.807, 2.05) is 19.1 Å².